The van der Waals surface area contributed by atoms with Gasteiger partial charge in [0.15, 0.2) is 19.7 Å². The minimum atomic E-state index is -3.31. The Balaban J connectivity index is 2.22. The summed E-state index contributed by atoms with van der Waals surface area (Å²) in [5, 5.41) is 4.12. The van der Waals surface area contributed by atoms with Crippen LogP contribution >= 0.6 is 0 Å². The van der Waals surface area contributed by atoms with Crippen molar-refractivity contribution in [2.45, 2.75) is 10.9 Å². The Bertz CT molecular complexity index is 736. The average molecular weight is 302 g/mol. The van der Waals surface area contributed by atoms with E-state index in [4.69, 9.17) is 5.73 Å². The molecule has 0 bridgehead atoms. The van der Waals surface area contributed by atoms with E-state index in [0.717, 1.165) is 11.7 Å². The topological polar surface area (TPSA) is 106 Å². The van der Waals surface area contributed by atoms with Gasteiger partial charge >= 0.3 is 0 Å². The lowest BCUT2D eigenvalue weighted by molar-refractivity contribution is 0.601. The highest BCUT2D eigenvalue weighted by Crippen LogP contribution is 2.24. The molecule has 0 amide bonds. The standard InChI is InChI=1S/C11H14N2O4S2/c1-18(14,15)9-2-3-11(10(12)6-9)13-8-4-5-19(16,17)7-8/h2-6,8,13H,7,12H2,1H3. The van der Waals surface area contributed by atoms with E-state index < -0.39 is 19.7 Å². The molecule has 1 aromatic rings. The van der Waals surface area contributed by atoms with Gasteiger partial charge in [-0.05, 0) is 18.2 Å². The highest BCUT2D eigenvalue weighted by Gasteiger charge is 2.22. The van der Waals surface area contributed by atoms with Crippen LogP contribution in [0.15, 0.2) is 34.6 Å². The van der Waals surface area contributed by atoms with Gasteiger partial charge in [-0.2, -0.15) is 0 Å². The molecule has 1 heterocycles. The van der Waals surface area contributed by atoms with E-state index >= 15 is 0 Å². The Morgan fingerprint density at radius 2 is 2.05 bits per heavy atom. The minimum Gasteiger partial charge on any atom is -0.397 e. The summed E-state index contributed by atoms with van der Waals surface area (Å²) in [6.45, 7) is 0. The molecule has 3 N–H and O–H groups in total. The number of hydrogen-bond acceptors (Lipinski definition) is 6. The normalized spacial score (nSPS) is 21.4. The Kier molecular flexibility index (Phi) is 3.31. The van der Waals surface area contributed by atoms with Crippen LogP contribution in [0.25, 0.3) is 0 Å². The average Bonchev–Trinajstić information content (AvgIpc) is 2.59. The minimum absolute atomic E-state index is 0.0275. The summed E-state index contributed by atoms with van der Waals surface area (Å²) in [7, 11) is -6.45. The number of nitrogen functional groups attached to an aromatic ring is 1. The Hall–Kier alpha value is -1.54. The van der Waals surface area contributed by atoms with Crippen molar-refractivity contribution in [1.82, 2.24) is 0 Å². The Morgan fingerprint density at radius 3 is 2.53 bits per heavy atom. The van der Waals surface area contributed by atoms with Gasteiger partial charge in [-0.15, -0.1) is 0 Å². The number of anilines is 2. The van der Waals surface area contributed by atoms with E-state index in [0.29, 0.717) is 5.69 Å². The fourth-order valence-corrected chi connectivity index (χ4v) is 3.66. The van der Waals surface area contributed by atoms with Crippen LogP contribution in [0, 0.1) is 0 Å². The van der Waals surface area contributed by atoms with Crippen LogP contribution in [0.4, 0.5) is 11.4 Å². The fourth-order valence-electron chi connectivity index (χ4n) is 1.77. The molecule has 0 saturated carbocycles. The van der Waals surface area contributed by atoms with E-state index in [9.17, 15) is 16.8 Å². The molecule has 0 saturated heterocycles. The zero-order chi connectivity index (χ0) is 14.3. The lowest BCUT2D eigenvalue weighted by Gasteiger charge is -2.14. The third kappa shape index (κ3) is 3.27. The maximum absolute atomic E-state index is 11.4. The van der Waals surface area contributed by atoms with Crippen LogP contribution in [-0.2, 0) is 19.7 Å². The summed E-state index contributed by atoms with van der Waals surface area (Å²) in [5.74, 6) is -0.0275. The molecule has 1 atom stereocenters. The van der Waals surface area contributed by atoms with Gasteiger partial charge in [-0.25, -0.2) is 16.8 Å². The van der Waals surface area contributed by atoms with Crippen molar-refractivity contribution < 1.29 is 16.8 Å². The van der Waals surface area contributed by atoms with Crippen LogP contribution in [0.2, 0.25) is 0 Å². The third-order valence-corrected chi connectivity index (χ3v) is 5.23. The number of sulfone groups is 2. The predicted octanol–water partition coefficient (Wildman–Crippen LogP) is 0.395. The molecule has 0 fully saturated rings. The largest absolute Gasteiger partial charge is 0.397 e. The molecule has 1 aromatic carbocycles. The molecule has 0 spiro atoms. The van der Waals surface area contributed by atoms with Crippen LogP contribution < -0.4 is 11.1 Å². The van der Waals surface area contributed by atoms with Crippen LogP contribution in [0.1, 0.15) is 0 Å². The molecule has 6 nitrogen and oxygen atoms in total. The van der Waals surface area contributed by atoms with Gasteiger partial charge in [0, 0.05) is 11.7 Å². The molecular weight excluding hydrogens is 288 g/mol. The van der Waals surface area contributed by atoms with Crippen LogP contribution in [0.5, 0.6) is 0 Å². The summed E-state index contributed by atoms with van der Waals surface area (Å²) >= 11 is 0. The summed E-state index contributed by atoms with van der Waals surface area (Å²) in [5.41, 5.74) is 6.54. The molecule has 1 aliphatic rings. The van der Waals surface area contributed by atoms with Gasteiger partial charge < -0.3 is 11.1 Å². The number of benzene rings is 1. The second-order valence-corrected chi connectivity index (χ2v) is 8.38. The fraction of sp³-hybridized carbons (Fsp3) is 0.273. The van der Waals surface area contributed by atoms with E-state index in [1.807, 2.05) is 0 Å². The number of rotatable bonds is 3. The molecule has 104 valence electrons. The molecule has 0 aliphatic carbocycles. The van der Waals surface area contributed by atoms with Crippen molar-refractivity contribution in [1.29, 1.82) is 0 Å². The first-order valence-electron chi connectivity index (χ1n) is 5.44. The molecule has 19 heavy (non-hydrogen) atoms. The van der Waals surface area contributed by atoms with Crippen molar-refractivity contribution in [3.8, 4) is 0 Å². The highest BCUT2D eigenvalue weighted by molar-refractivity contribution is 7.94. The lowest BCUT2D eigenvalue weighted by Crippen LogP contribution is -2.21. The van der Waals surface area contributed by atoms with Crippen LogP contribution in [-0.4, -0.2) is 34.9 Å². The number of nitrogens with two attached hydrogens (primary N) is 1. The maximum atomic E-state index is 11.4. The van der Waals surface area contributed by atoms with E-state index in [-0.39, 0.29) is 22.4 Å². The Morgan fingerprint density at radius 1 is 1.37 bits per heavy atom. The molecule has 0 radical (unpaired) electrons. The number of nitrogens with one attached hydrogen (secondary N) is 1. The molecule has 2 rings (SSSR count). The summed E-state index contributed by atoms with van der Waals surface area (Å²) in [6.07, 6.45) is 2.64. The van der Waals surface area contributed by atoms with Gasteiger partial charge in [-0.3, -0.25) is 0 Å². The third-order valence-electron chi connectivity index (χ3n) is 2.72. The number of hydrogen-bond donors (Lipinski definition) is 2. The zero-order valence-corrected chi connectivity index (χ0v) is 11.8. The van der Waals surface area contributed by atoms with Crippen molar-refractivity contribution in [2.75, 3.05) is 23.1 Å². The quantitative estimate of drug-likeness (QED) is 0.783. The monoisotopic (exact) mass is 302 g/mol. The molecular formula is C11H14N2O4S2. The molecule has 0 aromatic heterocycles. The van der Waals surface area contributed by atoms with E-state index in [1.165, 1.54) is 18.2 Å². The van der Waals surface area contributed by atoms with E-state index in [1.54, 1.807) is 6.08 Å². The van der Waals surface area contributed by atoms with E-state index in [2.05, 4.69) is 5.32 Å². The zero-order valence-electron chi connectivity index (χ0n) is 10.2. The smallest absolute Gasteiger partial charge is 0.175 e. The van der Waals surface area contributed by atoms with Gasteiger partial charge in [0.1, 0.15) is 0 Å². The molecule has 8 heteroatoms. The summed E-state index contributed by atoms with van der Waals surface area (Å²) in [4.78, 5) is 0.130. The predicted molar refractivity (Wildman–Crippen MR) is 74.3 cm³/mol. The summed E-state index contributed by atoms with van der Waals surface area (Å²) in [6, 6.07) is 3.97. The molecule has 1 unspecified atom stereocenters. The van der Waals surface area contributed by atoms with Crippen LogP contribution in [0.3, 0.4) is 0 Å². The second-order valence-electron chi connectivity index (χ2n) is 4.43. The first-order valence-corrected chi connectivity index (χ1v) is 9.05. The second kappa shape index (κ2) is 4.53. The Labute approximate surface area is 112 Å². The summed E-state index contributed by atoms with van der Waals surface area (Å²) < 4.78 is 45.2. The maximum Gasteiger partial charge on any atom is 0.175 e. The van der Waals surface area contributed by atoms with Crippen molar-refractivity contribution >= 4 is 31.0 Å². The van der Waals surface area contributed by atoms with Crippen molar-refractivity contribution in [2.24, 2.45) is 0 Å². The van der Waals surface area contributed by atoms with Crippen molar-refractivity contribution in [3.05, 3.63) is 29.7 Å². The lowest BCUT2D eigenvalue weighted by atomic mass is 10.2. The first kappa shape index (κ1) is 13.9. The van der Waals surface area contributed by atoms with Gasteiger partial charge in [0.25, 0.3) is 0 Å². The highest BCUT2D eigenvalue weighted by atomic mass is 32.2. The SMILES string of the molecule is CS(=O)(=O)c1ccc(NC2C=CS(=O)(=O)C2)c(N)c1. The van der Waals surface area contributed by atoms with Gasteiger partial charge in [0.2, 0.25) is 0 Å². The van der Waals surface area contributed by atoms with Crippen molar-refractivity contribution in [3.63, 3.8) is 0 Å². The van der Waals surface area contributed by atoms with Gasteiger partial charge in [0.05, 0.1) is 28.1 Å². The van der Waals surface area contributed by atoms with Gasteiger partial charge in [-0.1, -0.05) is 6.08 Å². The first-order chi connectivity index (χ1) is 8.67. The molecule has 1 aliphatic heterocycles.